The molecule has 178 valence electrons. The first kappa shape index (κ1) is 23.1. The number of halogens is 3. The topological polar surface area (TPSA) is 75.4 Å². The van der Waals surface area contributed by atoms with Gasteiger partial charge in [-0.25, -0.2) is 0 Å². The molecule has 9 heteroatoms. The van der Waals surface area contributed by atoms with Crippen LogP contribution in [0.1, 0.15) is 81.2 Å². The maximum atomic E-state index is 13.6. The second-order valence-corrected chi connectivity index (χ2v) is 9.78. The van der Waals surface area contributed by atoms with Crippen molar-refractivity contribution >= 4 is 11.9 Å². The number of aromatic nitrogens is 2. The van der Waals surface area contributed by atoms with Crippen LogP contribution in [-0.2, 0) is 35.3 Å². The largest absolute Gasteiger partial charge is 0.481 e. The van der Waals surface area contributed by atoms with Crippen LogP contribution in [0.4, 0.5) is 13.2 Å². The number of fused-ring (bicyclic) bond motifs is 1. The number of carbonyl (C=O) groups excluding carboxylic acids is 1. The van der Waals surface area contributed by atoms with Crippen molar-refractivity contribution in [1.82, 2.24) is 14.7 Å². The fourth-order valence-electron chi connectivity index (χ4n) is 5.68. The summed E-state index contributed by atoms with van der Waals surface area (Å²) >= 11 is 0. The van der Waals surface area contributed by atoms with Gasteiger partial charge in [0.2, 0.25) is 5.91 Å². The van der Waals surface area contributed by atoms with Crippen molar-refractivity contribution in [3.8, 4) is 0 Å². The number of hydrogen-bond donors (Lipinski definition) is 1. The molecule has 0 radical (unpaired) electrons. The normalized spacial score (nSPS) is 24.9. The van der Waals surface area contributed by atoms with Gasteiger partial charge in [0.05, 0.1) is 18.2 Å². The highest BCUT2D eigenvalue weighted by molar-refractivity contribution is 5.77. The monoisotopic (exact) mass is 455 g/mol. The number of carbonyl (C=O) groups is 2. The smallest absolute Gasteiger partial charge is 0.435 e. The lowest BCUT2D eigenvalue weighted by molar-refractivity contribution is -0.143. The lowest BCUT2D eigenvalue weighted by Gasteiger charge is -2.32. The van der Waals surface area contributed by atoms with Crippen LogP contribution < -0.4 is 0 Å². The third kappa shape index (κ3) is 5.12. The van der Waals surface area contributed by atoms with E-state index in [1.807, 2.05) is 0 Å². The van der Waals surface area contributed by atoms with Crippen LogP contribution in [0.5, 0.6) is 0 Å². The van der Waals surface area contributed by atoms with E-state index >= 15 is 0 Å². The zero-order valence-electron chi connectivity index (χ0n) is 18.4. The summed E-state index contributed by atoms with van der Waals surface area (Å²) in [5, 5.41) is 13.1. The lowest BCUT2D eigenvalue weighted by atomic mass is 9.80. The number of amides is 1. The minimum atomic E-state index is -4.49. The molecule has 0 aromatic carbocycles. The second-order valence-electron chi connectivity index (χ2n) is 9.78. The Kier molecular flexibility index (Phi) is 6.81. The first-order chi connectivity index (χ1) is 15.2. The van der Waals surface area contributed by atoms with Crippen LogP contribution in [0.3, 0.4) is 0 Å². The number of alkyl halides is 3. The van der Waals surface area contributed by atoms with Gasteiger partial charge < -0.3 is 10.0 Å². The molecule has 1 amide bonds. The molecule has 0 spiro atoms. The van der Waals surface area contributed by atoms with Gasteiger partial charge in [-0.15, -0.1) is 0 Å². The Morgan fingerprint density at radius 3 is 2.31 bits per heavy atom. The van der Waals surface area contributed by atoms with E-state index in [0.29, 0.717) is 50.3 Å². The summed E-state index contributed by atoms with van der Waals surface area (Å²) in [5.74, 6) is -0.658. The van der Waals surface area contributed by atoms with E-state index in [9.17, 15) is 22.8 Å². The number of rotatable bonds is 5. The first-order valence-electron chi connectivity index (χ1n) is 11.9. The summed E-state index contributed by atoms with van der Waals surface area (Å²) in [6.45, 7) is 0.933. The molecule has 1 aliphatic heterocycles. The van der Waals surface area contributed by atoms with Gasteiger partial charge in [0, 0.05) is 25.1 Å². The van der Waals surface area contributed by atoms with E-state index in [0.717, 1.165) is 25.7 Å². The summed E-state index contributed by atoms with van der Waals surface area (Å²) < 4.78 is 42.4. The molecule has 1 aromatic rings. The average molecular weight is 456 g/mol. The Bertz CT molecular complexity index is 838. The highest BCUT2D eigenvalue weighted by Crippen LogP contribution is 2.37. The number of carboxylic acid groups (broad SMARTS) is 1. The maximum absolute atomic E-state index is 13.6. The molecule has 0 atom stereocenters. The number of nitrogens with zero attached hydrogens (tertiary/aromatic N) is 3. The minimum absolute atomic E-state index is 0.0478. The van der Waals surface area contributed by atoms with Crippen molar-refractivity contribution in [2.24, 2.45) is 17.8 Å². The molecule has 4 rings (SSSR count). The molecule has 2 saturated carbocycles. The van der Waals surface area contributed by atoms with Crippen LogP contribution in [0.25, 0.3) is 0 Å². The van der Waals surface area contributed by atoms with Crippen molar-refractivity contribution in [1.29, 1.82) is 0 Å². The Hall–Kier alpha value is -2.06. The first-order valence-corrected chi connectivity index (χ1v) is 11.9. The molecular formula is C23H32F3N3O3. The fraction of sp³-hybridized carbons (Fsp3) is 0.783. The molecule has 0 unspecified atom stereocenters. The minimum Gasteiger partial charge on any atom is -0.481 e. The zero-order valence-corrected chi connectivity index (χ0v) is 18.4. The van der Waals surface area contributed by atoms with Crippen molar-refractivity contribution in [3.63, 3.8) is 0 Å². The van der Waals surface area contributed by atoms with Gasteiger partial charge in [-0.2, -0.15) is 18.3 Å². The molecule has 1 aromatic heterocycles. The Balaban J connectivity index is 1.45. The molecule has 6 nitrogen and oxygen atoms in total. The van der Waals surface area contributed by atoms with Gasteiger partial charge in [-0.1, -0.05) is 19.3 Å². The van der Waals surface area contributed by atoms with Crippen LogP contribution >= 0.6 is 0 Å². The van der Waals surface area contributed by atoms with E-state index < -0.39 is 17.8 Å². The van der Waals surface area contributed by atoms with Gasteiger partial charge >= 0.3 is 12.1 Å². The Morgan fingerprint density at radius 1 is 1.00 bits per heavy atom. The highest BCUT2D eigenvalue weighted by Gasteiger charge is 2.41. The van der Waals surface area contributed by atoms with Gasteiger partial charge in [-0.05, 0) is 56.8 Å². The van der Waals surface area contributed by atoms with Gasteiger partial charge in [0.15, 0.2) is 5.69 Å². The van der Waals surface area contributed by atoms with Crippen LogP contribution in [0.2, 0.25) is 0 Å². The molecule has 3 aliphatic rings. The summed E-state index contributed by atoms with van der Waals surface area (Å²) in [6, 6.07) is 0. The summed E-state index contributed by atoms with van der Waals surface area (Å²) in [5.41, 5.74) is -0.00110. The van der Waals surface area contributed by atoms with Gasteiger partial charge in [0.1, 0.15) is 0 Å². The number of carboxylic acids is 1. The van der Waals surface area contributed by atoms with Crippen molar-refractivity contribution in [3.05, 3.63) is 17.0 Å². The zero-order chi connectivity index (χ0) is 22.9. The molecule has 32 heavy (non-hydrogen) atoms. The van der Waals surface area contributed by atoms with Crippen LogP contribution in [0.15, 0.2) is 0 Å². The standard InChI is InChI=1S/C23H32F3N3O3/c24-23(25,26)21-18-10-11-28(20(30)12-15-6-8-17(9-7-15)22(31)32)14-19(18)29(27-21)13-16-4-2-1-3-5-16/h15-17H,1-14H2,(H,31,32)/t15-,17+. The van der Waals surface area contributed by atoms with Gasteiger partial charge in [-0.3, -0.25) is 14.3 Å². The quantitative estimate of drug-likeness (QED) is 0.701. The van der Waals surface area contributed by atoms with Crippen molar-refractivity contribution in [2.75, 3.05) is 6.54 Å². The molecule has 1 N–H and O–H groups in total. The number of aliphatic carboxylic acids is 1. The molecule has 0 saturated heterocycles. The Morgan fingerprint density at radius 2 is 1.69 bits per heavy atom. The van der Waals surface area contributed by atoms with E-state index in [4.69, 9.17) is 5.11 Å². The fourth-order valence-corrected chi connectivity index (χ4v) is 5.68. The average Bonchev–Trinajstić information content (AvgIpc) is 3.13. The lowest BCUT2D eigenvalue weighted by Crippen LogP contribution is -2.38. The Labute approximate surface area is 186 Å². The van der Waals surface area contributed by atoms with E-state index in [1.165, 1.54) is 11.1 Å². The van der Waals surface area contributed by atoms with E-state index in [1.54, 1.807) is 4.90 Å². The van der Waals surface area contributed by atoms with E-state index in [2.05, 4.69) is 5.10 Å². The maximum Gasteiger partial charge on any atom is 0.435 e. The number of hydrogen-bond acceptors (Lipinski definition) is 3. The predicted octanol–water partition coefficient (Wildman–Crippen LogP) is 4.65. The van der Waals surface area contributed by atoms with E-state index in [-0.39, 0.29) is 42.8 Å². The SMILES string of the molecule is O=C(C[C@H]1CC[C@@H](C(=O)O)CC1)N1CCc2c(C(F)(F)F)nn(CC3CCCCC3)c2C1. The van der Waals surface area contributed by atoms with Gasteiger partial charge in [0.25, 0.3) is 0 Å². The molecule has 2 heterocycles. The molecule has 2 aliphatic carbocycles. The molecule has 0 bridgehead atoms. The second kappa shape index (κ2) is 9.43. The highest BCUT2D eigenvalue weighted by atomic mass is 19.4. The third-order valence-corrected chi connectivity index (χ3v) is 7.58. The third-order valence-electron chi connectivity index (χ3n) is 7.58. The van der Waals surface area contributed by atoms with Crippen molar-refractivity contribution < 1.29 is 27.9 Å². The van der Waals surface area contributed by atoms with Crippen molar-refractivity contribution in [2.45, 2.75) is 89.9 Å². The molecule has 2 fully saturated rings. The predicted molar refractivity (Wildman–Crippen MR) is 111 cm³/mol. The summed E-state index contributed by atoms with van der Waals surface area (Å²) in [7, 11) is 0. The molecular weight excluding hydrogens is 423 g/mol. The van der Waals surface area contributed by atoms with Crippen LogP contribution in [0, 0.1) is 17.8 Å². The van der Waals surface area contributed by atoms with Crippen LogP contribution in [-0.4, -0.2) is 38.2 Å². The summed E-state index contributed by atoms with van der Waals surface area (Å²) in [6.07, 6.45) is 4.02. The summed E-state index contributed by atoms with van der Waals surface area (Å²) in [4.78, 5) is 25.8.